The summed E-state index contributed by atoms with van der Waals surface area (Å²) in [6.45, 7) is 0. The molecule has 0 amide bonds. The Kier molecular flexibility index (Phi) is 4.19. The summed E-state index contributed by atoms with van der Waals surface area (Å²) in [5.74, 6) is 0. The van der Waals surface area contributed by atoms with Crippen molar-refractivity contribution in [1.82, 2.24) is 30.6 Å². The van der Waals surface area contributed by atoms with E-state index in [4.69, 9.17) is 9.97 Å². The Labute approximate surface area is 210 Å². The second-order valence-corrected chi connectivity index (χ2v) is 10.2. The Morgan fingerprint density at radius 2 is 1.18 bits per heavy atom. The maximum Gasteiger partial charge on any atom is 0.204 e. The highest BCUT2D eigenvalue weighted by Gasteiger charge is 2.17. The molecule has 3 heterocycles. The Morgan fingerprint density at radius 1 is 0.545 bits per heavy atom. The number of nitrogens with zero attached hydrogens (tertiary/aromatic N) is 6. The molecule has 0 N–H and O–H groups in total. The zero-order valence-corrected chi connectivity index (χ0v) is 21.3. The highest BCUT2D eigenvalue weighted by Crippen LogP contribution is 2.41. The van der Waals surface area contributed by atoms with Crippen molar-refractivity contribution in [3.05, 3.63) is 68.0 Å². The number of fused-ring (bicyclic) bond motifs is 9. The summed E-state index contributed by atoms with van der Waals surface area (Å²) in [7, 11) is 0. The minimum atomic E-state index is 0.442. The first-order valence-electron chi connectivity index (χ1n) is 9.97. The molecule has 0 unspecified atom stereocenters. The van der Waals surface area contributed by atoms with Gasteiger partial charge < -0.3 is 0 Å². The van der Waals surface area contributed by atoms with E-state index in [0.29, 0.717) is 11.2 Å². The minimum absolute atomic E-state index is 0.442. The first-order valence-corrected chi connectivity index (χ1v) is 12.4. The lowest BCUT2D eigenvalue weighted by Gasteiger charge is -2.13. The number of benzene rings is 4. The van der Waals surface area contributed by atoms with Gasteiger partial charge in [0.1, 0.15) is 5.52 Å². The number of halogens is 3. The van der Waals surface area contributed by atoms with Crippen LogP contribution in [0.2, 0.25) is 0 Å². The first-order chi connectivity index (χ1) is 16.1. The number of hydrogen-bond acceptors (Lipinski definition) is 6. The van der Waals surface area contributed by atoms with E-state index < -0.39 is 0 Å². The van der Waals surface area contributed by atoms with Gasteiger partial charge in [0.15, 0.2) is 0 Å². The van der Waals surface area contributed by atoms with Crippen molar-refractivity contribution >= 4 is 113 Å². The van der Waals surface area contributed by atoms with Crippen LogP contribution in [-0.2, 0) is 0 Å². The van der Waals surface area contributed by atoms with Crippen LogP contribution in [0.5, 0.6) is 0 Å². The van der Waals surface area contributed by atoms with Crippen molar-refractivity contribution in [3.8, 4) is 0 Å². The predicted molar refractivity (Wildman–Crippen MR) is 141 cm³/mol. The van der Waals surface area contributed by atoms with Crippen LogP contribution in [0.1, 0.15) is 0 Å². The number of aromatic nitrogens is 6. The molecule has 0 saturated heterocycles. The van der Waals surface area contributed by atoms with E-state index >= 15 is 0 Å². The van der Waals surface area contributed by atoms with Gasteiger partial charge in [0.05, 0.1) is 21.0 Å². The fraction of sp³-hybridized carbons (Fsp3) is 0. The summed E-state index contributed by atoms with van der Waals surface area (Å²) in [5.41, 5.74) is 3.45. The largest absolute Gasteiger partial charge is 0.244 e. The van der Waals surface area contributed by atoms with Crippen molar-refractivity contribution in [2.24, 2.45) is 0 Å². The molecule has 0 spiro atoms. The van der Waals surface area contributed by atoms with Crippen molar-refractivity contribution in [1.29, 1.82) is 0 Å². The van der Waals surface area contributed by atoms with E-state index in [1.165, 1.54) is 5.39 Å². The predicted octanol–water partition coefficient (Wildman–Crippen LogP) is 7.26. The third kappa shape index (κ3) is 2.82. The molecule has 0 aliphatic heterocycles. The Morgan fingerprint density at radius 3 is 1.94 bits per heavy atom. The first kappa shape index (κ1) is 19.6. The number of rotatable bonds is 0. The molecular formula is C24H9Br3N6. The third-order valence-electron chi connectivity index (χ3n) is 5.95. The molecular weight excluding hydrogens is 612 g/mol. The van der Waals surface area contributed by atoms with E-state index in [9.17, 15) is 0 Å². The van der Waals surface area contributed by atoms with Crippen LogP contribution in [0.25, 0.3) is 65.4 Å². The van der Waals surface area contributed by atoms with Gasteiger partial charge >= 0.3 is 0 Å². The lowest BCUT2D eigenvalue weighted by molar-refractivity contribution is 0.792. The molecule has 33 heavy (non-hydrogen) atoms. The molecule has 0 saturated carbocycles. The Balaban J connectivity index is 1.80. The summed E-state index contributed by atoms with van der Waals surface area (Å²) in [6.07, 6.45) is 0. The molecule has 0 bridgehead atoms. The molecule has 7 rings (SSSR count). The van der Waals surface area contributed by atoms with Crippen LogP contribution >= 0.6 is 47.8 Å². The van der Waals surface area contributed by atoms with Crippen LogP contribution in [0, 0.1) is 0 Å². The van der Waals surface area contributed by atoms with Gasteiger partial charge in [0, 0.05) is 25.1 Å². The van der Waals surface area contributed by atoms with Gasteiger partial charge in [0.25, 0.3) is 0 Å². The van der Waals surface area contributed by atoms with Crippen LogP contribution in [0.4, 0.5) is 0 Å². The van der Waals surface area contributed by atoms with Crippen molar-refractivity contribution in [2.75, 3.05) is 0 Å². The maximum atomic E-state index is 5.10. The molecule has 7 aromatic rings. The highest BCUT2D eigenvalue weighted by molar-refractivity contribution is 9.14. The summed E-state index contributed by atoms with van der Waals surface area (Å²) in [5, 5.41) is 23.1. The topological polar surface area (TPSA) is 77.3 Å². The zero-order chi connectivity index (χ0) is 22.3. The molecule has 3 aromatic heterocycles. The van der Waals surface area contributed by atoms with Gasteiger partial charge in [-0.2, -0.15) is 0 Å². The fourth-order valence-corrected chi connectivity index (χ4v) is 6.00. The lowest BCUT2D eigenvalue weighted by Crippen LogP contribution is -1.97. The average molecular weight is 621 g/mol. The van der Waals surface area contributed by atoms with Gasteiger partial charge in [-0.1, -0.05) is 24.3 Å². The number of hydrogen-bond donors (Lipinski definition) is 0. The van der Waals surface area contributed by atoms with Crippen molar-refractivity contribution in [2.45, 2.75) is 0 Å². The molecule has 9 heteroatoms. The zero-order valence-electron chi connectivity index (χ0n) is 16.5. The molecule has 0 atom stereocenters. The maximum absolute atomic E-state index is 5.10. The van der Waals surface area contributed by atoms with Crippen LogP contribution < -0.4 is 0 Å². The van der Waals surface area contributed by atoms with E-state index in [2.05, 4.69) is 111 Å². The van der Waals surface area contributed by atoms with Gasteiger partial charge in [-0.05, 0) is 110 Å². The van der Waals surface area contributed by atoms with E-state index in [-0.39, 0.29) is 0 Å². The molecule has 4 aromatic carbocycles. The Hall–Kier alpha value is -2.88. The SMILES string of the molecule is Brc1cc2cc3c4cc5ccccc5cc4c4cc5nnnnc5nc4c3nc2c(Br)c1Br. The second-order valence-electron chi connectivity index (χ2n) is 7.79. The minimum Gasteiger partial charge on any atom is -0.244 e. The van der Waals surface area contributed by atoms with Gasteiger partial charge in [-0.3, -0.25) is 0 Å². The van der Waals surface area contributed by atoms with E-state index in [1.54, 1.807) is 0 Å². The molecule has 0 radical (unpaired) electrons. The molecule has 156 valence electrons. The van der Waals surface area contributed by atoms with E-state index in [0.717, 1.165) is 62.3 Å². The average Bonchev–Trinajstić information content (AvgIpc) is 2.85. The van der Waals surface area contributed by atoms with Gasteiger partial charge in [-0.25, -0.2) is 9.97 Å². The normalized spacial score (nSPS) is 12.1. The Bertz CT molecular complexity index is 1970. The summed E-state index contributed by atoms with van der Waals surface area (Å²) in [4.78, 5) is 9.94. The monoisotopic (exact) mass is 618 g/mol. The second kappa shape index (κ2) is 7.06. The highest BCUT2D eigenvalue weighted by atomic mass is 79.9. The molecule has 0 fully saturated rings. The van der Waals surface area contributed by atoms with Crippen molar-refractivity contribution in [3.63, 3.8) is 0 Å². The van der Waals surface area contributed by atoms with Crippen LogP contribution in [0.3, 0.4) is 0 Å². The lowest BCUT2D eigenvalue weighted by atomic mass is 9.95. The summed E-state index contributed by atoms with van der Waals surface area (Å²) < 4.78 is 2.75. The van der Waals surface area contributed by atoms with Crippen LogP contribution in [-0.4, -0.2) is 30.6 Å². The quantitative estimate of drug-likeness (QED) is 0.101. The standard InChI is InChI=1S/C24H9Br3N6/c25-17-8-12-7-15-13-5-10-3-1-2-4-11(10)6-14(13)16-9-18-24(31-33-32-30-18)29-23(16)22(15)28-21(12)20(27)19(17)26/h1-9H. The van der Waals surface area contributed by atoms with E-state index in [1.807, 2.05) is 12.1 Å². The molecule has 0 aliphatic carbocycles. The van der Waals surface area contributed by atoms with Crippen LogP contribution in [0.15, 0.2) is 68.0 Å². The smallest absolute Gasteiger partial charge is 0.204 e. The third-order valence-corrected chi connectivity index (χ3v) is 9.24. The molecule has 6 nitrogen and oxygen atoms in total. The molecule has 0 aliphatic rings. The van der Waals surface area contributed by atoms with Gasteiger partial charge in [-0.15, -0.1) is 10.2 Å². The summed E-state index contributed by atoms with van der Waals surface area (Å²) in [6, 6.07) is 19.0. The number of pyridine rings is 2. The summed E-state index contributed by atoms with van der Waals surface area (Å²) >= 11 is 11.0. The fourth-order valence-electron chi connectivity index (χ4n) is 4.45. The van der Waals surface area contributed by atoms with Gasteiger partial charge in [0.2, 0.25) is 5.65 Å². The van der Waals surface area contributed by atoms with Crippen molar-refractivity contribution < 1.29 is 0 Å².